The van der Waals surface area contributed by atoms with Crippen LogP contribution in [0.3, 0.4) is 0 Å². The molecule has 1 aromatic rings. The molecule has 4 N–H and O–H groups in total. The average Bonchev–Trinajstić information content (AvgIpc) is 2.39. The Balaban J connectivity index is 2.14. The Bertz CT molecular complexity index is 575. The van der Waals surface area contributed by atoms with E-state index in [-0.39, 0.29) is 18.4 Å². The highest BCUT2D eigenvalue weighted by atomic mass is 35.5. The number of carbonyl (C=O) groups is 2. The third-order valence-corrected chi connectivity index (χ3v) is 3.33. The fourth-order valence-electron chi connectivity index (χ4n) is 2.04. The summed E-state index contributed by atoms with van der Waals surface area (Å²) in [5.74, 6) is 0.245. The van der Waals surface area contributed by atoms with Crippen LogP contribution < -0.4 is 21.1 Å². The van der Waals surface area contributed by atoms with Crippen molar-refractivity contribution in [2.75, 3.05) is 17.2 Å². The van der Waals surface area contributed by atoms with Gasteiger partial charge in [0.2, 0.25) is 5.91 Å². The maximum absolute atomic E-state index is 12.0. The van der Waals surface area contributed by atoms with Crippen molar-refractivity contribution in [3.63, 3.8) is 0 Å². The van der Waals surface area contributed by atoms with E-state index in [1.54, 1.807) is 6.07 Å². The summed E-state index contributed by atoms with van der Waals surface area (Å²) in [5, 5.41) is 5.64. The van der Waals surface area contributed by atoms with Gasteiger partial charge in [-0.2, -0.15) is 0 Å². The summed E-state index contributed by atoms with van der Waals surface area (Å²) in [4.78, 5) is 23.2. The SMILES string of the molecule is CC(C)C[C@@H](N)C(=O)Nc1cc2c(cc1Cl)NC(=O)CO2. The van der Waals surface area contributed by atoms with E-state index < -0.39 is 6.04 Å². The number of rotatable bonds is 4. The van der Waals surface area contributed by atoms with Crippen LogP contribution in [0, 0.1) is 5.92 Å². The van der Waals surface area contributed by atoms with Gasteiger partial charge < -0.3 is 21.1 Å². The third-order valence-electron chi connectivity index (χ3n) is 3.02. The van der Waals surface area contributed by atoms with Crippen LogP contribution in [0.5, 0.6) is 5.75 Å². The molecular formula is C14H18ClN3O3. The number of fused-ring (bicyclic) bond motifs is 1. The summed E-state index contributed by atoms with van der Waals surface area (Å²) in [5.41, 5.74) is 6.73. The number of carbonyl (C=O) groups excluding carboxylic acids is 2. The minimum Gasteiger partial charge on any atom is -0.482 e. The van der Waals surface area contributed by atoms with Gasteiger partial charge in [-0.25, -0.2) is 0 Å². The molecule has 0 radical (unpaired) electrons. The molecule has 0 aromatic heterocycles. The Hall–Kier alpha value is -1.79. The monoisotopic (exact) mass is 311 g/mol. The molecule has 0 saturated heterocycles. The first-order valence-corrected chi connectivity index (χ1v) is 7.07. The smallest absolute Gasteiger partial charge is 0.262 e. The lowest BCUT2D eigenvalue weighted by molar-refractivity contribution is -0.119. The standard InChI is InChI=1S/C14H18ClN3O3/c1-7(2)3-9(16)14(20)18-10-5-12-11(4-8(10)15)17-13(19)6-21-12/h4-5,7,9H,3,6,16H2,1-2H3,(H,17,19)(H,18,20)/t9-/m1/s1. The highest BCUT2D eigenvalue weighted by molar-refractivity contribution is 6.34. The van der Waals surface area contributed by atoms with Crippen LogP contribution in [0.25, 0.3) is 0 Å². The zero-order chi connectivity index (χ0) is 15.6. The van der Waals surface area contributed by atoms with Gasteiger partial charge in [0, 0.05) is 6.07 Å². The van der Waals surface area contributed by atoms with Crippen LogP contribution in [0.4, 0.5) is 11.4 Å². The molecule has 2 amide bonds. The summed E-state index contributed by atoms with van der Waals surface area (Å²) in [6, 6.07) is 2.52. The highest BCUT2D eigenvalue weighted by Gasteiger charge is 2.21. The molecule has 0 unspecified atom stereocenters. The number of ether oxygens (including phenoxy) is 1. The van der Waals surface area contributed by atoms with Gasteiger partial charge in [-0.15, -0.1) is 0 Å². The van der Waals surface area contributed by atoms with Gasteiger partial charge in [-0.1, -0.05) is 25.4 Å². The zero-order valence-electron chi connectivity index (χ0n) is 11.9. The Labute approximate surface area is 128 Å². The molecule has 21 heavy (non-hydrogen) atoms. The van der Waals surface area contributed by atoms with Gasteiger partial charge in [0.1, 0.15) is 5.75 Å². The van der Waals surface area contributed by atoms with Crippen molar-refractivity contribution in [3.05, 3.63) is 17.2 Å². The van der Waals surface area contributed by atoms with Gasteiger partial charge in [0.15, 0.2) is 6.61 Å². The predicted octanol–water partition coefficient (Wildman–Crippen LogP) is 1.98. The lowest BCUT2D eigenvalue weighted by atomic mass is 10.0. The predicted molar refractivity (Wildman–Crippen MR) is 81.6 cm³/mol. The molecule has 2 rings (SSSR count). The molecule has 1 aliphatic heterocycles. The van der Waals surface area contributed by atoms with Gasteiger partial charge in [-0.3, -0.25) is 9.59 Å². The molecule has 1 aromatic carbocycles. The van der Waals surface area contributed by atoms with Crippen molar-refractivity contribution in [2.24, 2.45) is 11.7 Å². The summed E-state index contributed by atoms with van der Waals surface area (Å²) in [6.45, 7) is 3.93. The molecule has 7 heteroatoms. The Morgan fingerprint density at radius 2 is 2.24 bits per heavy atom. The topological polar surface area (TPSA) is 93.5 Å². The Morgan fingerprint density at radius 1 is 1.52 bits per heavy atom. The van der Waals surface area contributed by atoms with Gasteiger partial charge in [-0.05, 0) is 18.4 Å². The number of benzene rings is 1. The molecule has 0 fully saturated rings. The largest absolute Gasteiger partial charge is 0.482 e. The van der Waals surface area contributed by atoms with Crippen LogP contribution in [-0.2, 0) is 9.59 Å². The van der Waals surface area contributed by atoms with Crippen LogP contribution >= 0.6 is 11.6 Å². The number of hydrogen-bond donors (Lipinski definition) is 3. The fourth-order valence-corrected chi connectivity index (χ4v) is 2.25. The van der Waals surface area contributed by atoms with E-state index in [0.717, 1.165) is 0 Å². The molecular weight excluding hydrogens is 294 g/mol. The minimum absolute atomic E-state index is 0.0606. The van der Waals surface area contributed by atoms with Crippen LogP contribution in [0.1, 0.15) is 20.3 Å². The number of halogens is 1. The highest BCUT2D eigenvalue weighted by Crippen LogP contribution is 2.36. The van der Waals surface area contributed by atoms with Crippen molar-refractivity contribution in [1.82, 2.24) is 0 Å². The summed E-state index contributed by atoms with van der Waals surface area (Å²) < 4.78 is 5.28. The second-order valence-corrected chi connectivity index (χ2v) is 5.80. The van der Waals surface area contributed by atoms with Crippen molar-refractivity contribution < 1.29 is 14.3 Å². The van der Waals surface area contributed by atoms with Crippen LogP contribution in [0.2, 0.25) is 5.02 Å². The average molecular weight is 312 g/mol. The molecule has 1 aliphatic rings. The van der Waals surface area contributed by atoms with E-state index in [4.69, 9.17) is 22.1 Å². The van der Waals surface area contributed by atoms with E-state index >= 15 is 0 Å². The van der Waals surface area contributed by atoms with Gasteiger partial charge in [0.25, 0.3) is 5.91 Å². The lowest BCUT2D eigenvalue weighted by Gasteiger charge is -2.20. The fraction of sp³-hybridized carbons (Fsp3) is 0.429. The van der Waals surface area contributed by atoms with E-state index in [1.165, 1.54) is 6.07 Å². The zero-order valence-corrected chi connectivity index (χ0v) is 12.7. The molecule has 6 nitrogen and oxygen atoms in total. The van der Waals surface area contributed by atoms with Crippen molar-refractivity contribution >= 4 is 34.8 Å². The third kappa shape index (κ3) is 3.86. The minimum atomic E-state index is -0.599. The normalized spacial score (nSPS) is 15.0. The molecule has 114 valence electrons. The first-order valence-electron chi connectivity index (χ1n) is 6.69. The summed E-state index contributed by atoms with van der Waals surface area (Å²) >= 11 is 6.10. The molecule has 0 aliphatic carbocycles. The van der Waals surface area contributed by atoms with Crippen molar-refractivity contribution in [2.45, 2.75) is 26.3 Å². The van der Waals surface area contributed by atoms with Crippen molar-refractivity contribution in [1.29, 1.82) is 0 Å². The van der Waals surface area contributed by atoms with E-state index in [1.807, 2.05) is 13.8 Å². The van der Waals surface area contributed by atoms with E-state index in [2.05, 4.69) is 10.6 Å². The molecule has 0 spiro atoms. The molecule has 1 atom stereocenters. The van der Waals surface area contributed by atoms with Crippen LogP contribution in [0.15, 0.2) is 12.1 Å². The van der Waals surface area contributed by atoms with Crippen LogP contribution in [-0.4, -0.2) is 24.5 Å². The quantitative estimate of drug-likeness (QED) is 0.792. The van der Waals surface area contributed by atoms with E-state index in [9.17, 15) is 9.59 Å². The van der Waals surface area contributed by atoms with Gasteiger partial charge >= 0.3 is 0 Å². The first-order chi connectivity index (χ1) is 9.86. The molecule has 0 bridgehead atoms. The number of nitrogens with two attached hydrogens (primary N) is 1. The molecule has 1 heterocycles. The maximum Gasteiger partial charge on any atom is 0.262 e. The number of anilines is 2. The molecule has 0 saturated carbocycles. The number of nitrogens with one attached hydrogen (secondary N) is 2. The second-order valence-electron chi connectivity index (χ2n) is 5.39. The van der Waals surface area contributed by atoms with Gasteiger partial charge in [0.05, 0.1) is 22.4 Å². The Kier molecular flexibility index (Phi) is 4.69. The maximum atomic E-state index is 12.0. The van der Waals surface area contributed by atoms with Crippen molar-refractivity contribution in [3.8, 4) is 5.75 Å². The number of hydrogen-bond acceptors (Lipinski definition) is 4. The first kappa shape index (κ1) is 15.6. The Morgan fingerprint density at radius 3 is 2.90 bits per heavy atom. The second kappa shape index (κ2) is 6.32. The summed E-state index contributed by atoms with van der Waals surface area (Å²) in [6.07, 6.45) is 0.584. The number of amides is 2. The van der Waals surface area contributed by atoms with E-state index in [0.29, 0.717) is 34.5 Å². The lowest BCUT2D eigenvalue weighted by Crippen LogP contribution is -2.36. The summed E-state index contributed by atoms with van der Waals surface area (Å²) in [7, 11) is 0.